The molecule has 0 spiro atoms. The minimum atomic E-state index is 0.772. The normalized spacial score (nSPS) is 14.2. The van der Waals surface area contributed by atoms with E-state index in [0.29, 0.717) is 0 Å². The van der Waals surface area contributed by atoms with Gasteiger partial charge in [-0.3, -0.25) is 4.99 Å². The number of rotatable bonds is 11. The number of nitrogens with zero attached hydrogens (tertiary/aromatic N) is 1. The van der Waals surface area contributed by atoms with Crippen LogP contribution >= 0.6 is 0 Å². The summed E-state index contributed by atoms with van der Waals surface area (Å²) in [5, 5.41) is 0. The number of aliphatic imine (C=N–C) groups is 1. The number of nitrogens with two attached hydrogens (primary N) is 1. The lowest BCUT2D eigenvalue weighted by Crippen LogP contribution is -2.11. The zero-order valence-corrected chi connectivity index (χ0v) is 30.2. The van der Waals surface area contributed by atoms with Crippen LogP contribution in [-0.4, -0.2) is 5.71 Å². The van der Waals surface area contributed by atoms with E-state index in [-0.39, 0.29) is 0 Å². The molecule has 44 heavy (non-hydrogen) atoms. The maximum Gasteiger partial charge on any atom is 0.0496 e. The Balaban J connectivity index is 0.000000828. The smallest absolute Gasteiger partial charge is 0.0496 e. The SMILES string of the molecule is C=CN=C(CC)C(/C(=C\C)c1ccc(Cc2ccccc2)cc1)=C(\C)N.CC1CCCCC1.CCCC.CCCCC(C)C. The molecule has 246 valence electrons. The summed E-state index contributed by atoms with van der Waals surface area (Å²) in [6.45, 7) is 23.3. The Morgan fingerprint density at radius 3 is 1.82 bits per heavy atom. The van der Waals surface area contributed by atoms with Gasteiger partial charge in [-0.25, -0.2) is 0 Å². The van der Waals surface area contributed by atoms with Gasteiger partial charge < -0.3 is 5.73 Å². The standard InChI is InChI=1S/C24H28N2.C7H14.C7H16.C4H10/c1-5-22(24(18(4)25)23(6-2)26-7-3)21-15-13-20(14-16-21)17-19-11-9-8-10-12-19;1-7-5-3-2-4-6-7;1-4-5-6-7(2)3;1-3-4-2/h5,7-16H,3,6,17,25H2,1-2,4H3;7H,2-6H2,1H3;7H,4-6H2,1-3H3;3-4H2,1-2H3/b22-5-,24-18+,26-23?;;;. The fourth-order valence-corrected chi connectivity index (χ4v) is 5.05. The third-order valence-electron chi connectivity index (χ3n) is 7.87. The lowest BCUT2D eigenvalue weighted by Gasteiger charge is -2.16. The third kappa shape index (κ3) is 18.7. The Bertz CT molecular complexity index is 1060. The van der Waals surface area contributed by atoms with Crippen LogP contribution in [0.5, 0.6) is 0 Å². The van der Waals surface area contributed by atoms with Crippen LogP contribution in [-0.2, 0) is 6.42 Å². The molecule has 0 radical (unpaired) electrons. The highest BCUT2D eigenvalue weighted by Crippen LogP contribution is 2.28. The fourth-order valence-electron chi connectivity index (χ4n) is 5.05. The van der Waals surface area contributed by atoms with Crippen LogP contribution < -0.4 is 5.73 Å². The fraction of sp³-hybridized carbons (Fsp3) is 0.548. The predicted molar refractivity (Wildman–Crippen MR) is 201 cm³/mol. The molecule has 2 heteroatoms. The van der Waals surface area contributed by atoms with Gasteiger partial charge in [0.2, 0.25) is 0 Å². The average molecular weight is 601 g/mol. The van der Waals surface area contributed by atoms with Gasteiger partial charge in [-0.05, 0) is 60.8 Å². The quantitative estimate of drug-likeness (QED) is 0.202. The lowest BCUT2D eigenvalue weighted by molar-refractivity contribution is 0.385. The second-order valence-corrected chi connectivity index (χ2v) is 12.5. The van der Waals surface area contributed by atoms with E-state index in [9.17, 15) is 0 Å². The molecule has 0 atom stereocenters. The summed E-state index contributed by atoms with van der Waals surface area (Å²) < 4.78 is 0. The number of unbranched alkanes of at least 4 members (excludes halogenated alkanes) is 2. The number of benzene rings is 2. The van der Waals surface area contributed by atoms with Gasteiger partial charge in [0.15, 0.2) is 0 Å². The van der Waals surface area contributed by atoms with Crippen molar-refractivity contribution < 1.29 is 0 Å². The van der Waals surface area contributed by atoms with Crippen molar-refractivity contribution in [2.75, 3.05) is 0 Å². The molecule has 1 saturated carbocycles. The highest BCUT2D eigenvalue weighted by molar-refractivity contribution is 6.13. The summed E-state index contributed by atoms with van der Waals surface area (Å²) in [4.78, 5) is 4.43. The van der Waals surface area contributed by atoms with Crippen LogP contribution in [0.25, 0.3) is 5.57 Å². The van der Waals surface area contributed by atoms with E-state index in [1.165, 1.54) is 75.3 Å². The molecule has 3 rings (SSSR count). The van der Waals surface area contributed by atoms with Gasteiger partial charge in [0.05, 0.1) is 0 Å². The van der Waals surface area contributed by atoms with Gasteiger partial charge in [0.1, 0.15) is 0 Å². The molecule has 2 aromatic rings. The second-order valence-electron chi connectivity index (χ2n) is 12.5. The van der Waals surface area contributed by atoms with Crippen molar-refractivity contribution in [1.82, 2.24) is 0 Å². The molecule has 1 aliphatic carbocycles. The second kappa shape index (κ2) is 26.5. The summed E-state index contributed by atoms with van der Waals surface area (Å²) in [5.41, 5.74) is 13.8. The van der Waals surface area contributed by atoms with Crippen LogP contribution in [0.3, 0.4) is 0 Å². The third-order valence-corrected chi connectivity index (χ3v) is 7.87. The van der Waals surface area contributed by atoms with Crippen LogP contribution in [0.2, 0.25) is 0 Å². The molecule has 1 aliphatic rings. The topological polar surface area (TPSA) is 38.4 Å². The molecule has 0 bridgehead atoms. The zero-order chi connectivity index (χ0) is 33.2. The van der Waals surface area contributed by atoms with Crippen LogP contribution in [0.4, 0.5) is 0 Å². The Hall–Kier alpha value is -2.87. The molecule has 2 aromatic carbocycles. The first kappa shape index (κ1) is 41.1. The Labute approximate surface area is 274 Å². The highest BCUT2D eigenvalue weighted by atomic mass is 14.7. The average Bonchev–Trinajstić information content (AvgIpc) is 3.03. The number of allylic oxidation sites excluding steroid dienone is 4. The minimum absolute atomic E-state index is 0.772. The van der Waals surface area contributed by atoms with E-state index >= 15 is 0 Å². The van der Waals surface area contributed by atoms with Gasteiger partial charge in [-0.1, -0.05) is 180 Å². The monoisotopic (exact) mass is 601 g/mol. The van der Waals surface area contributed by atoms with Crippen LogP contribution in [0.15, 0.2) is 89.7 Å². The van der Waals surface area contributed by atoms with Gasteiger partial charge in [-0.15, -0.1) is 0 Å². The molecule has 0 amide bonds. The molecule has 0 unspecified atom stereocenters. The zero-order valence-electron chi connectivity index (χ0n) is 30.2. The Kier molecular flexibility index (Phi) is 24.8. The van der Waals surface area contributed by atoms with Crippen molar-refractivity contribution in [3.05, 3.63) is 101 Å². The minimum Gasteiger partial charge on any atom is -0.402 e. The summed E-state index contributed by atoms with van der Waals surface area (Å²) in [6.07, 6.45) is 19.6. The first-order chi connectivity index (χ1) is 21.2. The molecule has 0 saturated heterocycles. The van der Waals surface area contributed by atoms with E-state index in [1.807, 2.05) is 19.9 Å². The molecule has 0 aromatic heterocycles. The van der Waals surface area contributed by atoms with Gasteiger partial charge in [0, 0.05) is 23.2 Å². The highest BCUT2D eigenvalue weighted by Gasteiger charge is 2.15. The number of hydrogen-bond donors (Lipinski definition) is 1. The molecular weight excluding hydrogens is 532 g/mol. The van der Waals surface area contributed by atoms with Crippen molar-refractivity contribution in [2.24, 2.45) is 22.6 Å². The van der Waals surface area contributed by atoms with Crippen molar-refractivity contribution in [1.29, 1.82) is 0 Å². The van der Waals surface area contributed by atoms with Crippen LogP contribution in [0, 0.1) is 11.8 Å². The van der Waals surface area contributed by atoms with Crippen molar-refractivity contribution in [3.63, 3.8) is 0 Å². The molecule has 1 fully saturated rings. The van der Waals surface area contributed by atoms with Gasteiger partial charge in [-0.2, -0.15) is 0 Å². The molecule has 0 heterocycles. The predicted octanol–water partition coefficient (Wildman–Crippen LogP) is 13.1. The largest absolute Gasteiger partial charge is 0.402 e. The summed E-state index contributed by atoms with van der Waals surface area (Å²) in [5.74, 6) is 1.94. The van der Waals surface area contributed by atoms with Crippen molar-refractivity contribution >= 4 is 11.3 Å². The Morgan fingerprint density at radius 1 is 0.886 bits per heavy atom. The lowest BCUT2D eigenvalue weighted by atomic mass is 9.90. The Morgan fingerprint density at radius 2 is 1.45 bits per heavy atom. The first-order valence-electron chi connectivity index (χ1n) is 17.6. The summed E-state index contributed by atoms with van der Waals surface area (Å²) in [6, 6.07) is 19.2. The number of hydrogen-bond acceptors (Lipinski definition) is 2. The van der Waals surface area contributed by atoms with Crippen molar-refractivity contribution in [3.8, 4) is 0 Å². The molecular formula is C42H68N2. The van der Waals surface area contributed by atoms with Crippen molar-refractivity contribution in [2.45, 2.75) is 139 Å². The summed E-state index contributed by atoms with van der Waals surface area (Å²) >= 11 is 0. The molecule has 2 N–H and O–H groups in total. The van der Waals surface area contributed by atoms with Gasteiger partial charge in [0.25, 0.3) is 0 Å². The van der Waals surface area contributed by atoms with Gasteiger partial charge >= 0.3 is 0 Å². The maximum absolute atomic E-state index is 6.21. The van der Waals surface area contributed by atoms with E-state index in [4.69, 9.17) is 5.73 Å². The first-order valence-corrected chi connectivity index (χ1v) is 17.6. The van der Waals surface area contributed by atoms with E-state index in [0.717, 1.165) is 52.8 Å². The summed E-state index contributed by atoms with van der Waals surface area (Å²) in [7, 11) is 0. The molecule has 0 aliphatic heterocycles. The molecule has 2 nitrogen and oxygen atoms in total. The van der Waals surface area contributed by atoms with Crippen LogP contribution in [0.1, 0.15) is 150 Å². The van der Waals surface area contributed by atoms with E-state index in [1.54, 1.807) is 6.20 Å². The maximum atomic E-state index is 6.21. The van der Waals surface area contributed by atoms with E-state index in [2.05, 4.69) is 115 Å². The van der Waals surface area contributed by atoms with E-state index < -0.39 is 0 Å².